The summed E-state index contributed by atoms with van der Waals surface area (Å²) in [6, 6.07) is 4.51. The molecule has 1 fully saturated rings. The first-order valence-electron chi connectivity index (χ1n) is 7.96. The molecule has 1 aromatic heterocycles. The van der Waals surface area contributed by atoms with Crippen LogP contribution in [0.3, 0.4) is 0 Å². The van der Waals surface area contributed by atoms with Crippen LogP contribution in [0, 0.1) is 5.82 Å². The van der Waals surface area contributed by atoms with Gasteiger partial charge >= 0.3 is 5.97 Å². The standard InChI is InChI=1S/C17H18FN3O4/c18-16-12(4-1-5-14(16)22)11-3-2-6-21(7-11)15(23)9-20-8-13(17(24)25)19-10-20/h1,4-5,8,10-11,22H,2-3,6-7,9H2,(H,24,25). The van der Waals surface area contributed by atoms with Crippen LogP contribution in [0.15, 0.2) is 30.7 Å². The van der Waals surface area contributed by atoms with Crippen LogP contribution in [0.1, 0.15) is 34.8 Å². The Kier molecular flexibility index (Phi) is 4.69. The maximum atomic E-state index is 14.1. The number of aromatic nitrogens is 2. The summed E-state index contributed by atoms with van der Waals surface area (Å²) in [5.74, 6) is -2.53. The van der Waals surface area contributed by atoms with Crippen LogP contribution >= 0.6 is 0 Å². The molecule has 1 aromatic carbocycles. The van der Waals surface area contributed by atoms with E-state index in [9.17, 15) is 19.1 Å². The Labute approximate surface area is 143 Å². The number of imidazole rings is 1. The van der Waals surface area contributed by atoms with Gasteiger partial charge in [0, 0.05) is 25.2 Å². The van der Waals surface area contributed by atoms with Gasteiger partial charge in [-0.2, -0.15) is 0 Å². The zero-order chi connectivity index (χ0) is 18.0. The summed E-state index contributed by atoms with van der Waals surface area (Å²) >= 11 is 0. The number of rotatable bonds is 4. The van der Waals surface area contributed by atoms with Crippen LogP contribution in [0.25, 0.3) is 0 Å². The van der Waals surface area contributed by atoms with Gasteiger partial charge in [0.15, 0.2) is 17.3 Å². The lowest BCUT2D eigenvalue weighted by Crippen LogP contribution is -2.40. The highest BCUT2D eigenvalue weighted by atomic mass is 19.1. The minimum absolute atomic E-state index is 0.0183. The number of aromatic carboxylic acids is 1. The van der Waals surface area contributed by atoms with Crippen molar-refractivity contribution in [3.8, 4) is 5.75 Å². The van der Waals surface area contributed by atoms with Crippen LogP contribution < -0.4 is 0 Å². The summed E-state index contributed by atoms with van der Waals surface area (Å²) in [6.45, 7) is 0.908. The molecule has 1 aliphatic rings. The van der Waals surface area contributed by atoms with E-state index in [1.807, 2.05) is 0 Å². The van der Waals surface area contributed by atoms with Crippen molar-refractivity contribution in [3.05, 3.63) is 47.8 Å². The van der Waals surface area contributed by atoms with Crippen molar-refractivity contribution in [1.82, 2.24) is 14.5 Å². The summed E-state index contributed by atoms with van der Waals surface area (Å²) < 4.78 is 15.5. The number of nitrogens with zero attached hydrogens (tertiary/aromatic N) is 3. The van der Waals surface area contributed by atoms with E-state index in [4.69, 9.17) is 5.11 Å². The Bertz CT molecular complexity index is 805. The van der Waals surface area contributed by atoms with Gasteiger partial charge in [-0.15, -0.1) is 0 Å². The minimum Gasteiger partial charge on any atom is -0.505 e. The largest absolute Gasteiger partial charge is 0.505 e. The lowest BCUT2D eigenvalue weighted by atomic mass is 9.90. The number of carbonyl (C=O) groups is 2. The molecule has 1 atom stereocenters. The fourth-order valence-electron chi connectivity index (χ4n) is 3.12. The van der Waals surface area contributed by atoms with Gasteiger partial charge in [-0.25, -0.2) is 14.2 Å². The molecular formula is C17H18FN3O4. The topological polar surface area (TPSA) is 95.7 Å². The Hall–Kier alpha value is -2.90. The van der Waals surface area contributed by atoms with E-state index in [1.54, 1.807) is 17.0 Å². The van der Waals surface area contributed by atoms with Gasteiger partial charge in [-0.05, 0) is 24.5 Å². The van der Waals surface area contributed by atoms with Crippen LogP contribution in [-0.2, 0) is 11.3 Å². The third kappa shape index (κ3) is 3.62. The van der Waals surface area contributed by atoms with Crippen molar-refractivity contribution in [2.75, 3.05) is 13.1 Å². The quantitative estimate of drug-likeness (QED) is 0.880. The summed E-state index contributed by atoms with van der Waals surface area (Å²) in [7, 11) is 0. The molecule has 0 radical (unpaired) electrons. The number of halogens is 1. The monoisotopic (exact) mass is 347 g/mol. The molecule has 0 spiro atoms. The van der Waals surface area contributed by atoms with Gasteiger partial charge in [-0.3, -0.25) is 4.79 Å². The number of carbonyl (C=O) groups excluding carboxylic acids is 1. The molecule has 7 nitrogen and oxygen atoms in total. The van der Waals surface area contributed by atoms with Crippen LogP contribution in [-0.4, -0.2) is 49.6 Å². The van der Waals surface area contributed by atoms with E-state index in [1.165, 1.54) is 23.2 Å². The summed E-state index contributed by atoms with van der Waals surface area (Å²) in [6.07, 6.45) is 4.07. The molecule has 3 rings (SSSR count). The number of piperidine rings is 1. The van der Waals surface area contributed by atoms with Crippen molar-refractivity contribution in [3.63, 3.8) is 0 Å². The van der Waals surface area contributed by atoms with Gasteiger partial charge in [0.05, 0.1) is 6.33 Å². The molecule has 132 valence electrons. The zero-order valence-corrected chi connectivity index (χ0v) is 13.4. The number of benzene rings is 1. The number of phenolic OH excluding ortho intramolecular Hbond substituents is 1. The Morgan fingerprint density at radius 1 is 1.36 bits per heavy atom. The second-order valence-corrected chi connectivity index (χ2v) is 6.10. The second kappa shape index (κ2) is 6.92. The van der Waals surface area contributed by atoms with E-state index in [2.05, 4.69) is 4.98 Å². The SMILES string of the molecule is O=C(O)c1cn(CC(=O)N2CCCC(c3cccc(O)c3F)C2)cn1. The van der Waals surface area contributed by atoms with E-state index in [0.29, 0.717) is 18.7 Å². The smallest absolute Gasteiger partial charge is 0.356 e. The Balaban J connectivity index is 1.69. The maximum Gasteiger partial charge on any atom is 0.356 e. The van der Waals surface area contributed by atoms with Gasteiger partial charge < -0.3 is 19.7 Å². The third-order valence-corrected chi connectivity index (χ3v) is 4.39. The number of carboxylic acids is 1. The van der Waals surface area contributed by atoms with Gasteiger partial charge in [0.25, 0.3) is 0 Å². The van der Waals surface area contributed by atoms with Gasteiger partial charge in [0.2, 0.25) is 5.91 Å². The van der Waals surface area contributed by atoms with E-state index >= 15 is 0 Å². The molecule has 0 aliphatic carbocycles. The third-order valence-electron chi connectivity index (χ3n) is 4.39. The highest BCUT2D eigenvalue weighted by Gasteiger charge is 2.27. The molecule has 8 heteroatoms. The highest BCUT2D eigenvalue weighted by Crippen LogP contribution is 2.31. The number of phenols is 1. The lowest BCUT2D eigenvalue weighted by molar-refractivity contribution is -0.133. The van der Waals surface area contributed by atoms with Crippen molar-refractivity contribution in [2.45, 2.75) is 25.3 Å². The molecule has 2 N–H and O–H groups in total. The molecular weight excluding hydrogens is 329 g/mol. The fraction of sp³-hybridized carbons (Fsp3) is 0.353. The number of carboxylic acid groups (broad SMARTS) is 1. The molecule has 25 heavy (non-hydrogen) atoms. The molecule has 0 bridgehead atoms. The number of hydrogen-bond acceptors (Lipinski definition) is 4. The molecule has 1 saturated heterocycles. The fourth-order valence-corrected chi connectivity index (χ4v) is 3.12. The summed E-state index contributed by atoms with van der Waals surface area (Å²) in [5.41, 5.74) is 0.291. The van der Waals surface area contributed by atoms with Crippen LogP contribution in [0.5, 0.6) is 5.75 Å². The highest BCUT2D eigenvalue weighted by molar-refractivity contribution is 5.85. The second-order valence-electron chi connectivity index (χ2n) is 6.10. The predicted octanol–water partition coefficient (Wildman–Crippen LogP) is 1.83. The number of hydrogen-bond donors (Lipinski definition) is 2. The van der Waals surface area contributed by atoms with Crippen molar-refractivity contribution in [2.24, 2.45) is 0 Å². The van der Waals surface area contributed by atoms with Crippen molar-refractivity contribution >= 4 is 11.9 Å². The predicted molar refractivity (Wildman–Crippen MR) is 85.8 cm³/mol. The lowest BCUT2D eigenvalue weighted by Gasteiger charge is -2.33. The summed E-state index contributed by atoms with van der Waals surface area (Å²) in [4.78, 5) is 28.6. The average Bonchev–Trinajstić information content (AvgIpc) is 3.06. The number of amides is 1. The molecule has 1 unspecified atom stereocenters. The molecule has 1 aliphatic heterocycles. The van der Waals surface area contributed by atoms with Gasteiger partial charge in [-0.1, -0.05) is 12.1 Å². The number of likely N-dealkylation sites (tertiary alicyclic amines) is 1. The average molecular weight is 347 g/mol. The summed E-state index contributed by atoms with van der Waals surface area (Å²) in [5, 5.41) is 18.4. The first-order valence-corrected chi connectivity index (χ1v) is 7.96. The van der Waals surface area contributed by atoms with Crippen LogP contribution in [0.2, 0.25) is 0 Å². The maximum absolute atomic E-state index is 14.1. The van der Waals surface area contributed by atoms with Crippen molar-refractivity contribution < 1.29 is 24.2 Å². The van der Waals surface area contributed by atoms with Crippen molar-refractivity contribution in [1.29, 1.82) is 0 Å². The molecule has 1 amide bonds. The molecule has 0 saturated carbocycles. The van der Waals surface area contributed by atoms with Crippen LogP contribution in [0.4, 0.5) is 4.39 Å². The van der Waals surface area contributed by atoms with E-state index < -0.39 is 11.8 Å². The minimum atomic E-state index is -1.15. The van der Waals surface area contributed by atoms with E-state index in [-0.39, 0.29) is 29.8 Å². The molecule has 2 aromatic rings. The number of aromatic hydroxyl groups is 1. The Morgan fingerprint density at radius 3 is 2.88 bits per heavy atom. The first kappa shape index (κ1) is 16.9. The Morgan fingerprint density at radius 2 is 2.16 bits per heavy atom. The van der Waals surface area contributed by atoms with E-state index in [0.717, 1.165) is 12.8 Å². The molecule has 2 heterocycles. The van der Waals surface area contributed by atoms with Gasteiger partial charge in [0.1, 0.15) is 6.54 Å². The zero-order valence-electron chi connectivity index (χ0n) is 13.4. The normalized spacial score (nSPS) is 17.5. The first-order chi connectivity index (χ1) is 12.0.